The average molecular weight is 727 g/mol. The van der Waals surface area contributed by atoms with E-state index in [-0.39, 0.29) is 22.4 Å². The molecular formula is C36H28F2N6O7S. The zero-order chi connectivity index (χ0) is 37.3. The van der Waals surface area contributed by atoms with E-state index in [1.807, 2.05) is 13.0 Å². The van der Waals surface area contributed by atoms with Gasteiger partial charge in [0.05, 0.1) is 33.4 Å². The van der Waals surface area contributed by atoms with E-state index >= 15 is 8.78 Å². The van der Waals surface area contributed by atoms with Crippen molar-refractivity contribution in [3.05, 3.63) is 147 Å². The quantitative estimate of drug-likeness (QED) is 0.188. The fraction of sp³-hybridized carbons (Fsp3) is 0.111. The second kappa shape index (κ2) is 14.0. The van der Waals surface area contributed by atoms with Gasteiger partial charge in [0.25, 0.3) is 21.5 Å². The van der Waals surface area contributed by atoms with Crippen molar-refractivity contribution in [1.29, 1.82) is 0 Å². The number of rotatable bonds is 10. The first-order chi connectivity index (χ1) is 24.7. The number of hydrogen-bond acceptors (Lipinski definition) is 8. The van der Waals surface area contributed by atoms with Gasteiger partial charge in [-0.3, -0.25) is 28.8 Å². The van der Waals surface area contributed by atoms with Crippen molar-refractivity contribution < 1.29 is 31.9 Å². The summed E-state index contributed by atoms with van der Waals surface area (Å²) in [5.41, 5.74) is 0.334. The number of amides is 1. The van der Waals surface area contributed by atoms with Crippen LogP contribution >= 0.6 is 0 Å². The average Bonchev–Trinajstić information content (AvgIpc) is 3.10. The Labute approximate surface area is 293 Å². The zero-order valence-corrected chi connectivity index (χ0v) is 28.2. The molecule has 3 aromatic heterocycles. The largest absolute Gasteiger partial charge is 0.480 e. The number of aliphatic carboxylic acids is 1. The Bertz CT molecular complexity index is 2590. The van der Waals surface area contributed by atoms with Crippen LogP contribution in [0.5, 0.6) is 0 Å². The third kappa shape index (κ3) is 7.04. The van der Waals surface area contributed by atoms with Crippen molar-refractivity contribution in [2.75, 3.05) is 4.72 Å². The first kappa shape index (κ1) is 35.3. The molecule has 16 heteroatoms. The molecule has 3 heterocycles. The number of carboxylic acid groups (broad SMARTS) is 1. The van der Waals surface area contributed by atoms with Crippen LogP contribution in [0.2, 0.25) is 0 Å². The second-order valence-corrected chi connectivity index (χ2v) is 13.4. The number of fused-ring (bicyclic) bond motifs is 1. The Balaban J connectivity index is 1.16. The maximum atomic E-state index is 15.1. The highest BCUT2D eigenvalue weighted by atomic mass is 32.2. The van der Waals surface area contributed by atoms with Gasteiger partial charge in [-0.2, -0.15) is 0 Å². The Morgan fingerprint density at radius 1 is 0.904 bits per heavy atom. The summed E-state index contributed by atoms with van der Waals surface area (Å²) in [6, 6.07) is 16.1. The maximum Gasteiger partial charge on any atom is 0.335 e. The molecule has 0 spiro atoms. The van der Waals surface area contributed by atoms with Gasteiger partial charge in [-0.25, -0.2) is 31.4 Å². The fourth-order valence-electron chi connectivity index (χ4n) is 5.58. The minimum atomic E-state index is -4.30. The molecule has 1 atom stereocenters. The van der Waals surface area contributed by atoms with Gasteiger partial charge in [-0.15, -0.1) is 0 Å². The summed E-state index contributed by atoms with van der Waals surface area (Å²) < 4.78 is 60.6. The highest BCUT2D eigenvalue weighted by Crippen LogP contribution is 2.25. The lowest BCUT2D eigenvalue weighted by Gasteiger charge is -2.16. The number of hydrogen-bond donors (Lipinski definition) is 3. The normalized spacial score (nSPS) is 12.0. The number of benzene rings is 3. The van der Waals surface area contributed by atoms with E-state index in [4.69, 9.17) is 0 Å². The molecule has 0 fully saturated rings. The minimum Gasteiger partial charge on any atom is -0.480 e. The molecule has 3 aromatic carbocycles. The first-order valence-corrected chi connectivity index (χ1v) is 17.0. The molecule has 0 saturated heterocycles. The number of halogens is 2. The van der Waals surface area contributed by atoms with Crippen LogP contribution in [0.3, 0.4) is 0 Å². The Kier molecular flexibility index (Phi) is 9.49. The summed E-state index contributed by atoms with van der Waals surface area (Å²) >= 11 is 0. The number of carbonyl (C=O) groups is 2. The van der Waals surface area contributed by atoms with Crippen LogP contribution in [-0.4, -0.2) is 50.5 Å². The summed E-state index contributed by atoms with van der Waals surface area (Å²) in [6.45, 7) is 1.81. The zero-order valence-electron chi connectivity index (χ0n) is 27.4. The van der Waals surface area contributed by atoms with Crippen LogP contribution in [0, 0.1) is 18.6 Å². The van der Waals surface area contributed by atoms with Crippen LogP contribution in [-0.2, 0) is 28.3 Å². The van der Waals surface area contributed by atoms with E-state index < -0.39 is 62.1 Å². The van der Waals surface area contributed by atoms with E-state index in [1.54, 1.807) is 24.4 Å². The summed E-state index contributed by atoms with van der Waals surface area (Å²) in [5.74, 6) is -5.78. The lowest BCUT2D eigenvalue weighted by atomic mass is 10.0. The Morgan fingerprint density at radius 2 is 1.58 bits per heavy atom. The number of aryl methyl sites for hydroxylation is 2. The van der Waals surface area contributed by atoms with Crippen LogP contribution in [0.1, 0.15) is 21.6 Å². The third-order valence-electron chi connectivity index (χ3n) is 8.23. The van der Waals surface area contributed by atoms with Gasteiger partial charge in [0.2, 0.25) is 0 Å². The predicted octanol–water partition coefficient (Wildman–Crippen LogP) is 3.96. The summed E-state index contributed by atoms with van der Waals surface area (Å²) in [4.78, 5) is 59.0. The van der Waals surface area contributed by atoms with E-state index in [9.17, 15) is 32.7 Å². The summed E-state index contributed by atoms with van der Waals surface area (Å²) in [5, 5.41) is 12.2. The van der Waals surface area contributed by atoms with E-state index in [0.29, 0.717) is 23.2 Å². The van der Waals surface area contributed by atoms with Crippen molar-refractivity contribution in [1.82, 2.24) is 24.4 Å². The molecule has 0 bridgehead atoms. The highest BCUT2D eigenvalue weighted by Gasteiger charge is 2.27. The minimum absolute atomic E-state index is 0.189. The third-order valence-corrected chi connectivity index (χ3v) is 9.62. The number of anilines is 1. The van der Waals surface area contributed by atoms with Gasteiger partial charge in [0.1, 0.15) is 23.2 Å². The number of aromatic nitrogens is 4. The van der Waals surface area contributed by atoms with Crippen molar-refractivity contribution in [3.8, 4) is 16.8 Å². The summed E-state index contributed by atoms with van der Waals surface area (Å²) in [7, 11) is -2.82. The number of nitrogens with one attached hydrogen (secondary N) is 2. The molecule has 13 nitrogen and oxygen atoms in total. The van der Waals surface area contributed by atoms with Crippen molar-refractivity contribution >= 4 is 38.5 Å². The predicted molar refractivity (Wildman–Crippen MR) is 187 cm³/mol. The SMILES string of the molecule is Cc1cc(-c2ccc(S(=O)(=O)Nc3cc(F)c(C(=O)N[C@@H](Cc4ccc(-n5c(=O)c6ccncc6n(C)c5=O)cc4)C(=O)O)c(F)c3)cc2)ccn1. The summed E-state index contributed by atoms with van der Waals surface area (Å²) in [6.07, 6.45) is 4.10. The van der Waals surface area contributed by atoms with Gasteiger partial charge in [-0.05, 0) is 78.2 Å². The van der Waals surface area contributed by atoms with Gasteiger partial charge >= 0.3 is 11.7 Å². The topological polar surface area (TPSA) is 182 Å². The lowest BCUT2D eigenvalue weighted by molar-refractivity contribution is -0.139. The molecule has 0 saturated carbocycles. The molecule has 1 amide bonds. The number of nitrogens with zero attached hydrogens (tertiary/aromatic N) is 4. The Hall–Kier alpha value is -6.55. The molecule has 0 aliphatic heterocycles. The molecule has 6 rings (SSSR count). The monoisotopic (exact) mass is 726 g/mol. The van der Waals surface area contributed by atoms with Crippen molar-refractivity contribution in [3.63, 3.8) is 0 Å². The van der Waals surface area contributed by atoms with Crippen LogP contribution < -0.4 is 21.3 Å². The molecule has 0 aliphatic rings. The van der Waals surface area contributed by atoms with Gasteiger partial charge in [0.15, 0.2) is 0 Å². The van der Waals surface area contributed by atoms with E-state index in [1.165, 1.54) is 66.5 Å². The number of carbonyl (C=O) groups excluding carboxylic acids is 1. The van der Waals surface area contributed by atoms with Gasteiger partial charge < -0.3 is 10.4 Å². The number of pyridine rings is 2. The number of sulfonamides is 1. The molecule has 0 unspecified atom stereocenters. The van der Waals surface area contributed by atoms with Gasteiger partial charge in [0, 0.05) is 31.6 Å². The highest BCUT2D eigenvalue weighted by molar-refractivity contribution is 7.92. The van der Waals surface area contributed by atoms with E-state index in [0.717, 1.165) is 21.4 Å². The molecule has 0 aliphatic carbocycles. The smallest absolute Gasteiger partial charge is 0.335 e. The first-order valence-electron chi connectivity index (χ1n) is 15.5. The van der Waals surface area contributed by atoms with Crippen molar-refractivity contribution in [2.45, 2.75) is 24.3 Å². The molecular weight excluding hydrogens is 698 g/mol. The molecule has 264 valence electrons. The van der Waals surface area contributed by atoms with Crippen LogP contribution in [0.15, 0.2) is 112 Å². The van der Waals surface area contributed by atoms with Crippen LogP contribution in [0.4, 0.5) is 14.5 Å². The van der Waals surface area contributed by atoms with Crippen molar-refractivity contribution in [2.24, 2.45) is 7.05 Å². The molecule has 6 aromatic rings. The molecule has 3 N–H and O–H groups in total. The van der Waals surface area contributed by atoms with Gasteiger partial charge in [-0.1, -0.05) is 24.3 Å². The standard InChI is InChI=1S/C36H28F2N6O7S/c1-20-15-23(11-14-40-20)22-5-9-26(10-6-22)52(50,51)42-24-17-28(37)32(29(38)18-24)33(45)41-30(35(47)48)16-21-3-7-25(8-4-21)44-34(46)27-12-13-39-19-31(27)43(2)36(44)49/h3-15,17-19,30,42H,16H2,1-2H3,(H,41,45)(H,47,48)/t30-/m0/s1. The number of carboxylic acids is 1. The van der Waals surface area contributed by atoms with Crippen LogP contribution in [0.25, 0.3) is 27.7 Å². The Morgan fingerprint density at radius 3 is 2.21 bits per heavy atom. The second-order valence-electron chi connectivity index (χ2n) is 11.7. The molecule has 52 heavy (non-hydrogen) atoms. The lowest BCUT2D eigenvalue weighted by Crippen LogP contribution is -2.43. The fourth-order valence-corrected chi connectivity index (χ4v) is 6.62. The maximum absolute atomic E-state index is 15.1. The van der Waals surface area contributed by atoms with E-state index in [2.05, 4.69) is 20.0 Å². The molecule has 0 radical (unpaired) electrons.